The van der Waals surface area contributed by atoms with E-state index in [-0.39, 0.29) is 13.2 Å². The maximum Gasteiger partial charge on any atom is 0.331 e. The van der Waals surface area contributed by atoms with Gasteiger partial charge in [-0.05, 0) is 6.08 Å². The van der Waals surface area contributed by atoms with Gasteiger partial charge in [0.2, 0.25) is 0 Å². The highest BCUT2D eigenvalue weighted by Crippen LogP contribution is 2.30. The maximum atomic E-state index is 11.7. The van der Waals surface area contributed by atoms with Crippen LogP contribution in [0.4, 0.5) is 0 Å². The van der Waals surface area contributed by atoms with E-state index in [1.807, 2.05) is 0 Å². The zero-order chi connectivity index (χ0) is 23.1. The van der Waals surface area contributed by atoms with Gasteiger partial charge in [-0.2, -0.15) is 0 Å². The van der Waals surface area contributed by atoms with E-state index < -0.39 is 66.7 Å². The first kappa shape index (κ1) is 24.3. The van der Waals surface area contributed by atoms with E-state index in [0.29, 0.717) is 0 Å². The van der Waals surface area contributed by atoms with Crippen LogP contribution in [0.15, 0.2) is 12.2 Å². The fourth-order valence-corrected chi connectivity index (χ4v) is 3.02. The molecule has 0 saturated carbocycles. The highest BCUT2D eigenvalue weighted by molar-refractivity contribution is 5.84. The third-order valence-corrected chi connectivity index (χ3v) is 4.09. The Hall–Kier alpha value is -2.99. The van der Waals surface area contributed by atoms with Crippen LogP contribution in [0.2, 0.25) is 0 Å². The smallest absolute Gasteiger partial charge is 0.331 e. The summed E-state index contributed by atoms with van der Waals surface area (Å²) in [5.74, 6) is -3.40. The van der Waals surface area contributed by atoms with Gasteiger partial charge in [0, 0.05) is 33.8 Å². The molecule has 0 amide bonds. The molecule has 2 aliphatic heterocycles. The zero-order valence-corrected chi connectivity index (χ0v) is 17.4. The van der Waals surface area contributed by atoms with Crippen molar-refractivity contribution in [3.63, 3.8) is 0 Å². The molecule has 1 fully saturated rings. The maximum absolute atomic E-state index is 11.7. The lowest BCUT2D eigenvalue weighted by Crippen LogP contribution is -2.63. The van der Waals surface area contributed by atoms with Crippen LogP contribution in [0.3, 0.4) is 0 Å². The molecule has 0 aromatic heterocycles. The Morgan fingerprint density at radius 2 is 1.42 bits per heavy atom. The highest BCUT2D eigenvalue weighted by Gasteiger charge is 2.52. The Morgan fingerprint density at radius 3 is 1.94 bits per heavy atom. The van der Waals surface area contributed by atoms with Gasteiger partial charge in [-0.3, -0.25) is 19.2 Å². The van der Waals surface area contributed by atoms with Crippen molar-refractivity contribution in [2.24, 2.45) is 0 Å². The fourth-order valence-electron chi connectivity index (χ4n) is 3.02. The second kappa shape index (κ2) is 10.9. The summed E-state index contributed by atoms with van der Waals surface area (Å²) in [6.07, 6.45) is -4.39. The number of cyclic esters (lactones) is 1. The average Bonchev–Trinajstić information content (AvgIpc) is 3.06. The SMILES string of the molecule is CC(=O)OC[C@H]1O[C@H](OC[C@@H]2C=CC(=O)O2)[C@H](OC(C)=O)[C@@H](OC(C)=O)[C@@H]1OC(C)=O. The lowest BCUT2D eigenvalue weighted by Gasteiger charge is -2.44. The molecule has 0 aliphatic carbocycles. The number of ether oxygens (including phenoxy) is 7. The predicted octanol–water partition coefficient (Wildman–Crippen LogP) is -0.432. The summed E-state index contributed by atoms with van der Waals surface area (Å²) in [4.78, 5) is 57.5. The molecular formula is C19H24O12. The molecule has 0 spiro atoms. The predicted molar refractivity (Wildman–Crippen MR) is 96.9 cm³/mol. The van der Waals surface area contributed by atoms with E-state index >= 15 is 0 Å². The summed E-state index contributed by atoms with van der Waals surface area (Å²) in [6.45, 7) is 3.99. The lowest BCUT2D eigenvalue weighted by molar-refractivity contribution is -0.310. The monoisotopic (exact) mass is 444 g/mol. The van der Waals surface area contributed by atoms with Gasteiger partial charge in [0.15, 0.2) is 24.6 Å². The van der Waals surface area contributed by atoms with Crippen molar-refractivity contribution in [2.45, 2.75) is 64.5 Å². The topological polar surface area (TPSA) is 150 Å². The fraction of sp³-hybridized carbons (Fsp3) is 0.632. The standard InChI is InChI=1S/C19H24O12/c1-9(20)25-8-14-16(27-10(2)21)17(28-11(3)22)18(29-12(4)23)19(31-14)26-7-13-5-6-15(24)30-13/h5-6,13-14,16-19H,7-8H2,1-4H3/t13-,14+,16+,17-,18+,19-/m0/s1. The van der Waals surface area contributed by atoms with E-state index in [1.165, 1.54) is 19.1 Å². The normalized spacial score (nSPS) is 29.6. The number of hydrogen-bond acceptors (Lipinski definition) is 12. The molecule has 2 rings (SSSR count). The van der Waals surface area contributed by atoms with Crippen molar-refractivity contribution in [3.8, 4) is 0 Å². The molecule has 12 heteroatoms. The van der Waals surface area contributed by atoms with Crippen LogP contribution >= 0.6 is 0 Å². The molecule has 2 heterocycles. The van der Waals surface area contributed by atoms with Gasteiger partial charge in [0.1, 0.15) is 18.8 Å². The van der Waals surface area contributed by atoms with Crippen molar-refractivity contribution in [2.75, 3.05) is 13.2 Å². The summed E-state index contributed by atoms with van der Waals surface area (Å²) in [5, 5.41) is 0. The summed E-state index contributed by atoms with van der Waals surface area (Å²) < 4.78 is 37.1. The van der Waals surface area contributed by atoms with Crippen LogP contribution in [-0.4, -0.2) is 79.9 Å². The first-order valence-corrected chi connectivity index (χ1v) is 9.37. The van der Waals surface area contributed by atoms with Gasteiger partial charge in [-0.15, -0.1) is 0 Å². The van der Waals surface area contributed by atoms with Crippen LogP contribution < -0.4 is 0 Å². The molecule has 31 heavy (non-hydrogen) atoms. The van der Waals surface area contributed by atoms with E-state index in [0.717, 1.165) is 20.8 Å². The summed E-state index contributed by atoms with van der Waals surface area (Å²) in [5.41, 5.74) is 0. The third kappa shape index (κ3) is 7.33. The number of esters is 5. The number of rotatable bonds is 8. The molecule has 1 saturated heterocycles. The van der Waals surface area contributed by atoms with Crippen molar-refractivity contribution in [3.05, 3.63) is 12.2 Å². The Morgan fingerprint density at radius 1 is 0.839 bits per heavy atom. The zero-order valence-electron chi connectivity index (χ0n) is 17.4. The number of carbonyl (C=O) groups is 5. The molecule has 0 N–H and O–H groups in total. The third-order valence-electron chi connectivity index (χ3n) is 4.09. The van der Waals surface area contributed by atoms with Gasteiger partial charge in [0.25, 0.3) is 0 Å². The molecule has 0 unspecified atom stereocenters. The van der Waals surface area contributed by atoms with Crippen molar-refractivity contribution in [1.29, 1.82) is 0 Å². The van der Waals surface area contributed by atoms with Crippen LogP contribution in [0, 0.1) is 0 Å². The Labute approximate surface area is 177 Å². The van der Waals surface area contributed by atoms with Crippen LogP contribution in [0.5, 0.6) is 0 Å². The van der Waals surface area contributed by atoms with Gasteiger partial charge in [-0.25, -0.2) is 4.79 Å². The first-order valence-electron chi connectivity index (χ1n) is 9.37. The summed E-state index contributed by atoms with van der Waals surface area (Å²) in [7, 11) is 0. The minimum Gasteiger partial charge on any atom is -0.463 e. The lowest BCUT2D eigenvalue weighted by atomic mass is 9.98. The quantitative estimate of drug-likeness (QED) is 0.353. The second-order valence-corrected chi connectivity index (χ2v) is 6.74. The first-order chi connectivity index (χ1) is 14.6. The number of hydrogen-bond donors (Lipinski definition) is 0. The van der Waals surface area contributed by atoms with Gasteiger partial charge < -0.3 is 33.2 Å². The Bertz CT molecular complexity index is 744. The molecule has 2 aliphatic rings. The summed E-state index contributed by atoms with van der Waals surface area (Å²) >= 11 is 0. The van der Waals surface area contributed by atoms with E-state index in [4.69, 9.17) is 33.2 Å². The molecule has 0 aromatic carbocycles. The molecular weight excluding hydrogens is 420 g/mol. The highest BCUT2D eigenvalue weighted by atomic mass is 16.7. The van der Waals surface area contributed by atoms with Crippen LogP contribution in [0.1, 0.15) is 27.7 Å². The van der Waals surface area contributed by atoms with Gasteiger partial charge >= 0.3 is 29.8 Å². The molecule has 0 bridgehead atoms. The van der Waals surface area contributed by atoms with E-state index in [1.54, 1.807) is 0 Å². The van der Waals surface area contributed by atoms with Crippen molar-refractivity contribution >= 4 is 29.8 Å². The van der Waals surface area contributed by atoms with E-state index in [9.17, 15) is 24.0 Å². The Balaban J connectivity index is 2.30. The minimum absolute atomic E-state index is 0.171. The average molecular weight is 444 g/mol. The second-order valence-electron chi connectivity index (χ2n) is 6.74. The molecule has 0 aromatic rings. The van der Waals surface area contributed by atoms with Crippen molar-refractivity contribution in [1.82, 2.24) is 0 Å². The molecule has 0 radical (unpaired) electrons. The van der Waals surface area contributed by atoms with Crippen molar-refractivity contribution < 1.29 is 57.1 Å². The molecule has 12 nitrogen and oxygen atoms in total. The number of carbonyl (C=O) groups excluding carboxylic acids is 5. The van der Waals surface area contributed by atoms with Crippen LogP contribution in [0.25, 0.3) is 0 Å². The van der Waals surface area contributed by atoms with Crippen LogP contribution in [-0.2, 0) is 57.1 Å². The molecule has 172 valence electrons. The van der Waals surface area contributed by atoms with Gasteiger partial charge in [0.05, 0.1) is 6.61 Å². The van der Waals surface area contributed by atoms with E-state index in [2.05, 4.69) is 0 Å². The van der Waals surface area contributed by atoms with Gasteiger partial charge in [-0.1, -0.05) is 0 Å². The minimum atomic E-state index is -1.33. The summed E-state index contributed by atoms with van der Waals surface area (Å²) in [6, 6.07) is 0. The Kier molecular flexibility index (Phi) is 8.51. The molecule has 6 atom stereocenters. The largest absolute Gasteiger partial charge is 0.463 e.